The largest absolute Gasteiger partial charge is 0.497 e. The van der Waals surface area contributed by atoms with Crippen LogP contribution in [-0.2, 0) is 4.79 Å². The Morgan fingerprint density at radius 2 is 1.91 bits per heavy atom. The molecule has 1 aliphatic carbocycles. The van der Waals surface area contributed by atoms with Crippen LogP contribution >= 0.6 is 23.2 Å². The fourth-order valence-electron chi connectivity index (χ4n) is 2.73. The van der Waals surface area contributed by atoms with Gasteiger partial charge in [0.1, 0.15) is 10.2 Å². The summed E-state index contributed by atoms with van der Waals surface area (Å²) in [6.07, 6.45) is 1.72. The highest BCUT2D eigenvalue weighted by Gasteiger charge is 2.60. The monoisotopic (exact) mass is 354 g/mol. The van der Waals surface area contributed by atoms with E-state index in [1.165, 1.54) is 0 Å². The molecule has 0 aromatic heterocycles. The van der Waals surface area contributed by atoms with E-state index in [9.17, 15) is 4.79 Å². The number of hydrazone groups is 1. The topological polar surface area (TPSA) is 50.7 Å². The molecule has 1 fully saturated rings. The molecule has 2 rings (SSSR count). The lowest BCUT2D eigenvalue weighted by molar-refractivity contribution is -0.123. The summed E-state index contributed by atoms with van der Waals surface area (Å²) >= 11 is 11.4. The van der Waals surface area contributed by atoms with Crippen LogP contribution in [0.2, 0.25) is 0 Å². The molecule has 2 unspecified atom stereocenters. The third-order valence-electron chi connectivity index (χ3n) is 4.34. The van der Waals surface area contributed by atoms with Gasteiger partial charge in [-0.3, -0.25) is 4.79 Å². The van der Waals surface area contributed by atoms with Crippen LogP contribution in [0, 0.1) is 17.3 Å². The fourth-order valence-corrected chi connectivity index (χ4v) is 3.00. The van der Waals surface area contributed by atoms with Crippen molar-refractivity contribution < 1.29 is 9.53 Å². The molecule has 0 aliphatic heterocycles. The lowest BCUT2D eigenvalue weighted by Gasteiger charge is -2.05. The Hall–Kier alpha value is -1.52. The molecular formula is C17H20Cl2N2O2. The maximum Gasteiger partial charge on any atom is 0.244 e. The third-order valence-corrected chi connectivity index (χ3v) is 4.59. The number of amides is 1. The van der Waals surface area contributed by atoms with Crippen molar-refractivity contribution in [1.82, 2.24) is 5.43 Å². The molecule has 1 aromatic rings. The Bertz CT molecular complexity index is 647. The van der Waals surface area contributed by atoms with Crippen molar-refractivity contribution in [2.24, 2.45) is 22.4 Å². The predicted octanol–water partition coefficient (Wildman–Crippen LogP) is 4.13. The SMILES string of the molecule is COc1ccc(/C(C)=N/NC(=O)C2C(C=C(Cl)Cl)C2(C)C)cc1. The van der Waals surface area contributed by atoms with E-state index in [2.05, 4.69) is 10.5 Å². The number of nitrogens with one attached hydrogen (secondary N) is 1. The zero-order valence-electron chi connectivity index (χ0n) is 13.6. The number of allylic oxidation sites excluding steroid dienone is 1. The molecule has 1 saturated carbocycles. The summed E-state index contributed by atoms with van der Waals surface area (Å²) in [4.78, 5) is 12.3. The van der Waals surface area contributed by atoms with E-state index in [1.54, 1.807) is 13.2 Å². The smallest absolute Gasteiger partial charge is 0.244 e. The summed E-state index contributed by atoms with van der Waals surface area (Å²) in [5.41, 5.74) is 4.11. The van der Waals surface area contributed by atoms with Gasteiger partial charge in [-0.25, -0.2) is 5.43 Å². The minimum Gasteiger partial charge on any atom is -0.497 e. The summed E-state index contributed by atoms with van der Waals surface area (Å²) in [6, 6.07) is 7.49. The van der Waals surface area contributed by atoms with Crippen LogP contribution in [0.25, 0.3) is 0 Å². The third kappa shape index (κ3) is 4.06. The van der Waals surface area contributed by atoms with Crippen LogP contribution in [-0.4, -0.2) is 18.7 Å². The lowest BCUT2D eigenvalue weighted by Crippen LogP contribution is -2.23. The number of rotatable bonds is 5. The minimum absolute atomic E-state index is 0.0315. The second-order valence-electron chi connectivity index (χ2n) is 6.18. The molecule has 1 aliphatic rings. The number of hydrogen-bond donors (Lipinski definition) is 1. The summed E-state index contributed by atoms with van der Waals surface area (Å²) in [6.45, 7) is 5.86. The Labute approximate surface area is 146 Å². The molecular weight excluding hydrogens is 335 g/mol. The highest BCUT2D eigenvalue weighted by Crippen LogP contribution is 2.59. The van der Waals surface area contributed by atoms with E-state index in [4.69, 9.17) is 27.9 Å². The van der Waals surface area contributed by atoms with Gasteiger partial charge in [-0.15, -0.1) is 0 Å². The molecule has 1 amide bonds. The maximum atomic E-state index is 12.3. The molecule has 0 spiro atoms. The zero-order chi connectivity index (χ0) is 17.2. The fraction of sp³-hybridized carbons (Fsp3) is 0.412. The van der Waals surface area contributed by atoms with Crippen molar-refractivity contribution in [1.29, 1.82) is 0 Å². The number of carbonyl (C=O) groups excluding carboxylic acids is 1. The molecule has 4 nitrogen and oxygen atoms in total. The van der Waals surface area contributed by atoms with Gasteiger partial charge in [0.25, 0.3) is 0 Å². The molecule has 6 heteroatoms. The zero-order valence-corrected chi connectivity index (χ0v) is 15.1. The van der Waals surface area contributed by atoms with Gasteiger partial charge >= 0.3 is 0 Å². The molecule has 1 aromatic carbocycles. The summed E-state index contributed by atoms with van der Waals surface area (Å²) in [5.74, 6) is 0.503. The number of halogens is 2. The first kappa shape index (κ1) is 17.8. The van der Waals surface area contributed by atoms with E-state index in [0.717, 1.165) is 17.0 Å². The summed E-state index contributed by atoms with van der Waals surface area (Å²) < 4.78 is 5.31. The first-order valence-corrected chi connectivity index (χ1v) is 8.04. The van der Waals surface area contributed by atoms with Crippen LogP contribution in [0.5, 0.6) is 5.75 Å². The molecule has 0 saturated heterocycles. The van der Waals surface area contributed by atoms with E-state index in [0.29, 0.717) is 0 Å². The van der Waals surface area contributed by atoms with Gasteiger partial charge in [-0.05, 0) is 54.2 Å². The summed E-state index contributed by atoms with van der Waals surface area (Å²) in [7, 11) is 1.62. The lowest BCUT2D eigenvalue weighted by atomic mass is 10.1. The van der Waals surface area contributed by atoms with Crippen LogP contribution in [0.4, 0.5) is 0 Å². The average molecular weight is 355 g/mol. The molecule has 0 radical (unpaired) electrons. The number of ether oxygens (including phenoxy) is 1. The number of hydrogen-bond acceptors (Lipinski definition) is 3. The van der Waals surface area contributed by atoms with Gasteiger partial charge in [0.05, 0.1) is 18.7 Å². The van der Waals surface area contributed by atoms with Crippen molar-refractivity contribution in [3.05, 3.63) is 40.4 Å². The quantitative estimate of drug-likeness (QED) is 0.638. The number of benzene rings is 1. The van der Waals surface area contributed by atoms with Gasteiger partial charge < -0.3 is 4.74 Å². The Morgan fingerprint density at radius 3 is 2.43 bits per heavy atom. The van der Waals surface area contributed by atoms with Crippen molar-refractivity contribution >= 4 is 34.8 Å². The first-order valence-electron chi connectivity index (χ1n) is 7.28. The van der Waals surface area contributed by atoms with Crippen LogP contribution in [0.1, 0.15) is 26.3 Å². The van der Waals surface area contributed by atoms with Crippen molar-refractivity contribution in [2.45, 2.75) is 20.8 Å². The molecule has 0 bridgehead atoms. The molecule has 1 N–H and O–H groups in total. The average Bonchev–Trinajstić information content (AvgIpc) is 3.04. The van der Waals surface area contributed by atoms with Crippen molar-refractivity contribution in [3.8, 4) is 5.75 Å². The molecule has 2 atom stereocenters. The molecule has 23 heavy (non-hydrogen) atoms. The van der Waals surface area contributed by atoms with E-state index < -0.39 is 0 Å². The Morgan fingerprint density at radius 1 is 1.30 bits per heavy atom. The predicted molar refractivity (Wildman–Crippen MR) is 93.9 cm³/mol. The van der Waals surface area contributed by atoms with Crippen LogP contribution in [0.3, 0.4) is 0 Å². The molecule has 0 heterocycles. The van der Waals surface area contributed by atoms with E-state index in [1.807, 2.05) is 45.0 Å². The minimum atomic E-state index is -0.178. The Balaban J connectivity index is 2.02. The van der Waals surface area contributed by atoms with Crippen LogP contribution in [0.15, 0.2) is 39.9 Å². The first-order chi connectivity index (χ1) is 10.8. The van der Waals surface area contributed by atoms with Crippen LogP contribution < -0.4 is 10.2 Å². The second-order valence-corrected chi connectivity index (χ2v) is 7.19. The second kappa shape index (κ2) is 6.93. The van der Waals surface area contributed by atoms with Gasteiger partial charge in [-0.1, -0.05) is 37.0 Å². The van der Waals surface area contributed by atoms with Crippen molar-refractivity contribution in [3.63, 3.8) is 0 Å². The number of carbonyl (C=O) groups is 1. The highest BCUT2D eigenvalue weighted by atomic mass is 35.5. The van der Waals surface area contributed by atoms with Gasteiger partial charge in [0.15, 0.2) is 0 Å². The number of methoxy groups -OCH3 is 1. The summed E-state index contributed by atoms with van der Waals surface area (Å²) in [5, 5.41) is 4.18. The molecule has 124 valence electrons. The Kier molecular flexibility index (Phi) is 5.37. The maximum absolute atomic E-state index is 12.3. The highest BCUT2D eigenvalue weighted by molar-refractivity contribution is 6.55. The van der Waals surface area contributed by atoms with Gasteiger partial charge in [0, 0.05) is 0 Å². The standard InChI is InChI=1S/C17H20Cl2N2O2/c1-10(11-5-7-12(23-4)8-6-11)20-21-16(22)15-13(9-14(18)19)17(15,2)3/h5-9,13,15H,1-4H3,(H,21,22)/b20-10+. The van der Waals surface area contributed by atoms with E-state index in [-0.39, 0.29) is 27.6 Å². The number of nitrogens with zero attached hydrogens (tertiary/aromatic N) is 1. The van der Waals surface area contributed by atoms with E-state index >= 15 is 0 Å². The van der Waals surface area contributed by atoms with Gasteiger partial charge in [-0.2, -0.15) is 5.10 Å². The normalized spacial score (nSPS) is 22.3. The van der Waals surface area contributed by atoms with Gasteiger partial charge in [0.2, 0.25) is 5.91 Å². The van der Waals surface area contributed by atoms with Crippen molar-refractivity contribution in [2.75, 3.05) is 7.11 Å².